The number of aromatic amines is 1. The Labute approximate surface area is 157 Å². The molecule has 0 bridgehead atoms. The number of hydrogen-bond donors (Lipinski definition) is 2. The van der Waals surface area contributed by atoms with Gasteiger partial charge in [-0.25, -0.2) is 4.98 Å². The highest BCUT2D eigenvalue weighted by atomic mass is 16.3. The van der Waals surface area contributed by atoms with Gasteiger partial charge in [0, 0.05) is 42.0 Å². The molecule has 1 aromatic carbocycles. The van der Waals surface area contributed by atoms with Gasteiger partial charge < -0.3 is 10.1 Å². The van der Waals surface area contributed by atoms with Crippen LogP contribution >= 0.6 is 0 Å². The third kappa shape index (κ3) is 4.06. The number of para-hydroxylation sites is 1. The van der Waals surface area contributed by atoms with Crippen LogP contribution in [0.3, 0.4) is 0 Å². The molecular weight excluding hydrogens is 340 g/mol. The Morgan fingerprint density at radius 1 is 1.15 bits per heavy atom. The minimum atomic E-state index is -0.129. The van der Waals surface area contributed by atoms with Crippen molar-refractivity contribution in [1.29, 1.82) is 0 Å². The Morgan fingerprint density at radius 3 is 2.70 bits per heavy atom. The summed E-state index contributed by atoms with van der Waals surface area (Å²) in [6, 6.07) is 12.8. The van der Waals surface area contributed by atoms with Crippen LogP contribution in [-0.4, -0.2) is 38.0 Å². The molecule has 3 heterocycles. The molecule has 0 aliphatic carbocycles. The molecule has 1 fully saturated rings. The van der Waals surface area contributed by atoms with E-state index in [-0.39, 0.29) is 11.5 Å². The van der Waals surface area contributed by atoms with E-state index >= 15 is 0 Å². The number of benzene rings is 1. The van der Waals surface area contributed by atoms with Gasteiger partial charge in [-0.2, -0.15) is 0 Å². The highest BCUT2D eigenvalue weighted by Gasteiger charge is 2.23. The maximum Gasteiger partial charge on any atom is 0.251 e. The smallest absolute Gasteiger partial charge is 0.251 e. The van der Waals surface area contributed by atoms with Crippen LogP contribution in [0.2, 0.25) is 0 Å². The lowest BCUT2D eigenvalue weighted by Gasteiger charge is -2.31. The highest BCUT2D eigenvalue weighted by molar-refractivity contribution is 5.52. The van der Waals surface area contributed by atoms with Crippen LogP contribution in [-0.2, 0) is 6.54 Å². The monoisotopic (exact) mass is 362 g/mol. The Kier molecular flexibility index (Phi) is 4.98. The summed E-state index contributed by atoms with van der Waals surface area (Å²) in [4.78, 5) is 26.1. The van der Waals surface area contributed by atoms with Crippen LogP contribution in [0.4, 0.5) is 0 Å². The zero-order valence-electron chi connectivity index (χ0n) is 15.0. The van der Waals surface area contributed by atoms with E-state index in [0.29, 0.717) is 11.6 Å². The van der Waals surface area contributed by atoms with E-state index in [1.54, 1.807) is 24.5 Å². The molecule has 6 nitrogen and oxygen atoms in total. The lowest BCUT2D eigenvalue weighted by molar-refractivity contribution is 0.201. The van der Waals surface area contributed by atoms with E-state index in [1.807, 2.05) is 30.3 Å². The maximum atomic E-state index is 12.1. The van der Waals surface area contributed by atoms with E-state index in [2.05, 4.69) is 14.9 Å². The summed E-state index contributed by atoms with van der Waals surface area (Å²) in [7, 11) is 0. The van der Waals surface area contributed by atoms with Crippen molar-refractivity contribution in [3.63, 3.8) is 0 Å². The molecule has 3 aromatic rings. The Balaban J connectivity index is 1.46. The van der Waals surface area contributed by atoms with E-state index in [4.69, 9.17) is 4.98 Å². The van der Waals surface area contributed by atoms with Gasteiger partial charge in [0.2, 0.25) is 0 Å². The van der Waals surface area contributed by atoms with Crippen molar-refractivity contribution in [3.8, 4) is 17.1 Å². The van der Waals surface area contributed by atoms with Crippen LogP contribution in [0.5, 0.6) is 5.75 Å². The van der Waals surface area contributed by atoms with Crippen molar-refractivity contribution in [2.45, 2.75) is 25.3 Å². The third-order valence-corrected chi connectivity index (χ3v) is 5.09. The number of likely N-dealkylation sites (tertiary alicyclic amines) is 1. The van der Waals surface area contributed by atoms with Crippen molar-refractivity contribution in [1.82, 2.24) is 19.9 Å². The molecule has 6 heteroatoms. The van der Waals surface area contributed by atoms with Gasteiger partial charge in [0.05, 0.1) is 5.69 Å². The normalized spacial score (nSPS) is 15.7. The van der Waals surface area contributed by atoms with E-state index in [0.717, 1.165) is 49.3 Å². The number of aromatic nitrogens is 3. The number of phenolic OH excluding ortho intramolecular Hbond substituents is 1. The van der Waals surface area contributed by atoms with Gasteiger partial charge in [0.15, 0.2) is 0 Å². The van der Waals surface area contributed by atoms with Crippen LogP contribution < -0.4 is 5.56 Å². The first-order valence-electron chi connectivity index (χ1n) is 9.20. The average molecular weight is 362 g/mol. The third-order valence-electron chi connectivity index (χ3n) is 5.09. The number of nitrogens with one attached hydrogen (secondary N) is 1. The number of rotatable bonds is 4. The van der Waals surface area contributed by atoms with Gasteiger partial charge in [-0.15, -0.1) is 0 Å². The zero-order chi connectivity index (χ0) is 18.6. The SMILES string of the molecule is O=c1cc(C2CCN(Cc3ccccc3O)CC2)nc(-c2cccnc2)[nH]1. The second-order valence-electron chi connectivity index (χ2n) is 6.94. The first kappa shape index (κ1) is 17.4. The predicted octanol–water partition coefficient (Wildman–Crippen LogP) is 2.92. The maximum absolute atomic E-state index is 12.1. The number of pyridine rings is 1. The summed E-state index contributed by atoms with van der Waals surface area (Å²) in [5, 5.41) is 9.96. The van der Waals surface area contributed by atoms with Gasteiger partial charge in [-0.1, -0.05) is 18.2 Å². The lowest BCUT2D eigenvalue weighted by atomic mass is 9.93. The molecule has 27 heavy (non-hydrogen) atoms. The van der Waals surface area contributed by atoms with Gasteiger partial charge in [-0.3, -0.25) is 14.7 Å². The van der Waals surface area contributed by atoms with Crippen molar-refractivity contribution < 1.29 is 5.11 Å². The number of H-pyrrole nitrogens is 1. The minimum absolute atomic E-state index is 0.129. The Bertz CT molecular complexity index is 963. The fraction of sp³-hybridized carbons (Fsp3) is 0.286. The Morgan fingerprint density at radius 2 is 1.96 bits per heavy atom. The zero-order valence-corrected chi connectivity index (χ0v) is 15.0. The molecule has 2 aromatic heterocycles. The number of piperidine rings is 1. The first-order chi connectivity index (χ1) is 13.2. The Hall–Kier alpha value is -2.99. The number of hydrogen-bond acceptors (Lipinski definition) is 5. The predicted molar refractivity (Wildman–Crippen MR) is 103 cm³/mol. The van der Waals surface area contributed by atoms with Crippen molar-refractivity contribution in [3.05, 3.63) is 76.5 Å². The largest absolute Gasteiger partial charge is 0.508 e. The number of aromatic hydroxyl groups is 1. The first-order valence-corrected chi connectivity index (χ1v) is 9.20. The van der Waals surface area contributed by atoms with Crippen LogP contribution in [0, 0.1) is 0 Å². The molecule has 0 spiro atoms. The molecule has 2 N–H and O–H groups in total. The van der Waals surface area contributed by atoms with Crippen LogP contribution in [0.1, 0.15) is 30.0 Å². The topological polar surface area (TPSA) is 82.1 Å². The molecule has 1 aliphatic heterocycles. The quantitative estimate of drug-likeness (QED) is 0.746. The molecule has 0 saturated carbocycles. The number of phenols is 1. The van der Waals surface area contributed by atoms with Crippen LogP contribution in [0.25, 0.3) is 11.4 Å². The summed E-state index contributed by atoms with van der Waals surface area (Å²) in [5.74, 6) is 1.18. The summed E-state index contributed by atoms with van der Waals surface area (Å²) in [5.41, 5.74) is 2.48. The molecule has 1 aliphatic rings. The summed E-state index contributed by atoms with van der Waals surface area (Å²) in [6.45, 7) is 2.56. The molecule has 4 rings (SSSR count). The average Bonchev–Trinajstić information content (AvgIpc) is 2.70. The molecule has 138 valence electrons. The molecule has 1 saturated heterocycles. The highest BCUT2D eigenvalue weighted by Crippen LogP contribution is 2.28. The standard InChI is InChI=1S/C21H22N4O2/c26-19-6-2-1-4-17(19)14-25-10-7-15(8-11-25)18-12-20(27)24-21(23-18)16-5-3-9-22-13-16/h1-6,9,12-13,15,26H,7-8,10-11,14H2,(H,23,24,27). The second kappa shape index (κ2) is 7.72. The number of nitrogens with zero attached hydrogens (tertiary/aromatic N) is 3. The molecule has 0 unspecified atom stereocenters. The van der Waals surface area contributed by atoms with Gasteiger partial charge in [-0.05, 0) is 44.1 Å². The lowest BCUT2D eigenvalue weighted by Crippen LogP contribution is -2.33. The van der Waals surface area contributed by atoms with Crippen LogP contribution in [0.15, 0.2) is 59.7 Å². The van der Waals surface area contributed by atoms with Crippen molar-refractivity contribution in [2.75, 3.05) is 13.1 Å². The summed E-state index contributed by atoms with van der Waals surface area (Å²) < 4.78 is 0. The molecule has 0 amide bonds. The van der Waals surface area contributed by atoms with E-state index < -0.39 is 0 Å². The summed E-state index contributed by atoms with van der Waals surface area (Å²) >= 11 is 0. The fourth-order valence-corrected chi connectivity index (χ4v) is 3.60. The van der Waals surface area contributed by atoms with Gasteiger partial charge in [0.1, 0.15) is 11.6 Å². The molecule has 0 radical (unpaired) electrons. The van der Waals surface area contributed by atoms with Gasteiger partial charge in [0.25, 0.3) is 5.56 Å². The minimum Gasteiger partial charge on any atom is -0.508 e. The molecule has 0 atom stereocenters. The second-order valence-corrected chi connectivity index (χ2v) is 6.94. The summed E-state index contributed by atoms with van der Waals surface area (Å²) in [6.07, 6.45) is 5.29. The molecular formula is C21H22N4O2. The van der Waals surface area contributed by atoms with Crippen molar-refractivity contribution in [2.24, 2.45) is 0 Å². The van der Waals surface area contributed by atoms with E-state index in [9.17, 15) is 9.90 Å². The van der Waals surface area contributed by atoms with Crippen molar-refractivity contribution >= 4 is 0 Å². The fourth-order valence-electron chi connectivity index (χ4n) is 3.60. The van der Waals surface area contributed by atoms with E-state index in [1.165, 1.54) is 0 Å². The van der Waals surface area contributed by atoms with Gasteiger partial charge >= 0.3 is 0 Å².